The largest absolute Gasteiger partial charge is 0.496 e. The third kappa shape index (κ3) is 4.12. The number of hydrogen-bond acceptors (Lipinski definition) is 4. The molecule has 4 nitrogen and oxygen atoms in total. The molecule has 0 aliphatic carbocycles. The first kappa shape index (κ1) is 16.6. The molecule has 0 spiro atoms. The van der Waals surface area contributed by atoms with Crippen molar-refractivity contribution in [2.24, 2.45) is 0 Å². The number of rotatable bonds is 4. The number of methoxy groups -OCH3 is 1. The maximum atomic E-state index is 12.2. The van der Waals surface area contributed by atoms with Crippen molar-refractivity contribution in [2.45, 2.75) is 6.92 Å². The number of carbonyl (C=O) groups is 1. The number of carbonyl (C=O) groups excluding carboxylic acids is 1. The van der Waals surface area contributed by atoms with Gasteiger partial charge in [0.25, 0.3) is 0 Å². The Kier molecular flexibility index (Phi) is 5.40. The molecule has 0 atom stereocenters. The summed E-state index contributed by atoms with van der Waals surface area (Å²) in [4.78, 5) is 12.2. The smallest absolute Gasteiger partial charge is 0.354 e. The minimum absolute atomic E-state index is 0.121. The number of para-hydroxylation sites is 1. The number of nitrogens with zero attached hydrogens (tertiary/aromatic N) is 1. The van der Waals surface area contributed by atoms with E-state index in [2.05, 4.69) is 0 Å². The van der Waals surface area contributed by atoms with Gasteiger partial charge in [0.2, 0.25) is 0 Å². The lowest BCUT2D eigenvalue weighted by molar-refractivity contribution is -0.129. The zero-order valence-electron chi connectivity index (χ0n) is 12.7. The van der Waals surface area contributed by atoms with E-state index in [0.717, 1.165) is 0 Å². The first-order valence-electron chi connectivity index (χ1n) is 6.78. The highest BCUT2D eigenvalue weighted by molar-refractivity contribution is 6.30. The molecule has 2 aromatic rings. The van der Waals surface area contributed by atoms with Gasteiger partial charge in [0.1, 0.15) is 23.1 Å². The van der Waals surface area contributed by atoms with E-state index in [4.69, 9.17) is 21.1 Å². The number of benzene rings is 2. The van der Waals surface area contributed by atoms with Crippen LogP contribution in [-0.4, -0.2) is 13.1 Å². The predicted molar refractivity (Wildman–Crippen MR) is 88.4 cm³/mol. The van der Waals surface area contributed by atoms with Crippen LogP contribution in [0.15, 0.2) is 48.0 Å². The van der Waals surface area contributed by atoms with Gasteiger partial charge in [-0.15, -0.1) is 0 Å². The summed E-state index contributed by atoms with van der Waals surface area (Å²) in [5, 5.41) is 9.78. The third-order valence-electron chi connectivity index (χ3n) is 3.12. The van der Waals surface area contributed by atoms with Gasteiger partial charge in [0.15, 0.2) is 0 Å². The van der Waals surface area contributed by atoms with E-state index in [1.54, 1.807) is 49.4 Å². The second-order valence-corrected chi connectivity index (χ2v) is 5.15. The molecule has 23 heavy (non-hydrogen) atoms. The van der Waals surface area contributed by atoms with Gasteiger partial charge in [0, 0.05) is 10.6 Å². The lowest BCUT2D eigenvalue weighted by Crippen LogP contribution is -2.11. The fourth-order valence-corrected chi connectivity index (χ4v) is 2.19. The van der Waals surface area contributed by atoms with Gasteiger partial charge >= 0.3 is 5.97 Å². The maximum Gasteiger partial charge on any atom is 0.354 e. The molecule has 0 fully saturated rings. The topological polar surface area (TPSA) is 59.3 Å². The van der Waals surface area contributed by atoms with E-state index in [9.17, 15) is 10.1 Å². The van der Waals surface area contributed by atoms with Crippen molar-refractivity contribution >= 4 is 23.6 Å². The molecule has 0 heterocycles. The third-order valence-corrected chi connectivity index (χ3v) is 3.35. The lowest BCUT2D eigenvalue weighted by atomic mass is 10.1. The number of ether oxygens (including phenoxy) is 2. The van der Waals surface area contributed by atoms with Crippen molar-refractivity contribution in [3.05, 3.63) is 64.2 Å². The van der Waals surface area contributed by atoms with Crippen LogP contribution in [-0.2, 0) is 4.79 Å². The molecule has 0 aliphatic rings. The molecule has 0 aromatic heterocycles. The first-order chi connectivity index (χ1) is 11.0. The predicted octanol–water partition coefficient (Wildman–Crippen LogP) is 4.17. The van der Waals surface area contributed by atoms with Crippen molar-refractivity contribution in [1.82, 2.24) is 0 Å². The molecule has 2 rings (SSSR count). The Morgan fingerprint density at radius 1 is 1.22 bits per heavy atom. The maximum absolute atomic E-state index is 12.2. The molecule has 0 amide bonds. The average Bonchev–Trinajstić information content (AvgIpc) is 2.55. The van der Waals surface area contributed by atoms with Crippen molar-refractivity contribution in [2.75, 3.05) is 7.11 Å². The van der Waals surface area contributed by atoms with E-state index in [-0.39, 0.29) is 5.57 Å². The van der Waals surface area contributed by atoms with Gasteiger partial charge in [-0.05, 0) is 42.8 Å². The van der Waals surface area contributed by atoms with Crippen molar-refractivity contribution in [1.29, 1.82) is 5.26 Å². The van der Waals surface area contributed by atoms with E-state index < -0.39 is 5.97 Å². The lowest BCUT2D eigenvalue weighted by Gasteiger charge is -2.08. The van der Waals surface area contributed by atoms with Crippen LogP contribution < -0.4 is 9.47 Å². The fourth-order valence-electron chi connectivity index (χ4n) is 1.96. The second-order valence-electron chi connectivity index (χ2n) is 4.71. The number of aryl methyl sites for hydroxylation is 1. The van der Waals surface area contributed by atoms with Crippen molar-refractivity contribution < 1.29 is 14.3 Å². The quantitative estimate of drug-likeness (QED) is 0.366. The minimum atomic E-state index is -0.733. The van der Waals surface area contributed by atoms with Crippen LogP contribution in [0.3, 0.4) is 0 Å². The normalized spacial score (nSPS) is 10.8. The summed E-state index contributed by atoms with van der Waals surface area (Å²) in [5.41, 5.74) is 1.21. The summed E-state index contributed by atoms with van der Waals surface area (Å²) in [6.07, 6.45) is 1.44. The molecule has 0 bridgehead atoms. The summed E-state index contributed by atoms with van der Waals surface area (Å²) < 4.78 is 10.5. The van der Waals surface area contributed by atoms with E-state index in [1.807, 2.05) is 6.07 Å². The standard InChI is InChI=1S/C18H14ClNO3/c1-12-9-15(19)7-8-16(12)23-18(21)14(11-20)10-13-5-3-4-6-17(13)22-2/h3-10H,1-2H3/b14-10+. The molecule has 5 heteroatoms. The van der Waals surface area contributed by atoms with Crippen molar-refractivity contribution in [3.8, 4) is 17.6 Å². The summed E-state index contributed by atoms with van der Waals surface area (Å²) in [6, 6.07) is 13.8. The van der Waals surface area contributed by atoms with Crippen LogP contribution in [0.2, 0.25) is 5.02 Å². The molecule has 2 aromatic carbocycles. The van der Waals surface area contributed by atoms with Crippen LogP contribution in [0, 0.1) is 18.3 Å². The Hall–Kier alpha value is -2.77. The Labute approximate surface area is 139 Å². The molecule has 0 radical (unpaired) electrons. The molecule has 0 aliphatic heterocycles. The molecule has 0 saturated heterocycles. The number of nitriles is 1. The van der Waals surface area contributed by atoms with Gasteiger partial charge in [-0.2, -0.15) is 5.26 Å². The highest BCUT2D eigenvalue weighted by Crippen LogP contribution is 2.24. The zero-order chi connectivity index (χ0) is 16.8. The molecule has 116 valence electrons. The molecular formula is C18H14ClNO3. The average molecular weight is 328 g/mol. The molecule has 0 saturated carbocycles. The van der Waals surface area contributed by atoms with E-state index in [0.29, 0.717) is 27.6 Å². The van der Waals surface area contributed by atoms with E-state index >= 15 is 0 Å². The van der Waals surface area contributed by atoms with Crippen LogP contribution in [0.1, 0.15) is 11.1 Å². The van der Waals surface area contributed by atoms with Gasteiger partial charge < -0.3 is 9.47 Å². The van der Waals surface area contributed by atoms with E-state index in [1.165, 1.54) is 13.2 Å². The molecule has 0 unspecified atom stereocenters. The summed E-state index contributed by atoms with van der Waals surface area (Å²) in [7, 11) is 1.52. The Morgan fingerprint density at radius 2 is 1.96 bits per heavy atom. The SMILES string of the molecule is COc1ccccc1/C=C(\C#N)C(=O)Oc1ccc(Cl)cc1C. The van der Waals surface area contributed by atoms with Crippen molar-refractivity contribution in [3.63, 3.8) is 0 Å². The van der Waals surface area contributed by atoms with Gasteiger partial charge in [0.05, 0.1) is 7.11 Å². The summed E-state index contributed by atoms with van der Waals surface area (Å²) >= 11 is 5.87. The van der Waals surface area contributed by atoms with Crippen LogP contribution in [0.5, 0.6) is 11.5 Å². The zero-order valence-corrected chi connectivity index (χ0v) is 13.4. The second kappa shape index (κ2) is 7.48. The number of hydrogen-bond donors (Lipinski definition) is 0. The van der Waals surface area contributed by atoms with Gasteiger partial charge in [-0.25, -0.2) is 4.79 Å². The van der Waals surface area contributed by atoms with Gasteiger partial charge in [-0.3, -0.25) is 0 Å². The Morgan fingerprint density at radius 3 is 2.61 bits per heavy atom. The fraction of sp³-hybridized carbons (Fsp3) is 0.111. The monoisotopic (exact) mass is 327 g/mol. The van der Waals surface area contributed by atoms with Gasteiger partial charge in [-0.1, -0.05) is 29.8 Å². The number of halogens is 1. The van der Waals surface area contributed by atoms with Crippen LogP contribution in [0.25, 0.3) is 6.08 Å². The Bertz CT molecular complexity index is 806. The minimum Gasteiger partial charge on any atom is -0.496 e. The first-order valence-corrected chi connectivity index (χ1v) is 7.16. The molecule has 0 N–H and O–H groups in total. The Balaban J connectivity index is 2.28. The van der Waals surface area contributed by atoms with Crippen LogP contribution in [0.4, 0.5) is 0 Å². The summed E-state index contributed by atoms with van der Waals surface area (Å²) in [6.45, 7) is 1.77. The molecular weight excluding hydrogens is 314 g/mol. The summed E-state index contributed by atoms with van der Waals surface area (Å²) in [5.74, 6) is 0.195. The highest BCUT2D eigenvalue weighted by atomic mass is 35.5. The number of esters is 1. The highest BCUT2D eigenvalue weighted by Gasteiger charge is 2.14. The van der Waals surface area contributed by atoms with Crippen LogP contribution >= 0.6 is 11.6 Å².